The summed E-state index contributed by atoms with van der Waals surface area (Å²) in [4.78, 5) is 11.6. The van der Waals surface area contributed by atoms with Gasteiger partial charge < -0.3 is 15.5 Å². The SMILES string of the molecule is CN=C(NCCCCN1CCC(C)CC1)NCc1nc(C(C)C)cs1.I. The Morgan fingerprint density at radius 3 is 2.65 bits per heavy atom. The number of thiazole rings is 1. The van der Waals surface area contributed by atoms with E-state index in [0.717, 1.165) is 30.0 Å². The number of aromatic nitrogens is 1. The van der Waals surface area contributed by atoms with Crippen LogP contribution >= 0.6 is 35.3 Å². The van der Waals surface area contributed by atoms with E-state index >= 15 is 0 Å². The van der Waals surface area contributed by atoms with E-state index in [4.69, 9.17) is 0 Å². The first-order valence-electron chi connectivity index (χ1n) is 9.69. The summed E-state index contributed by atoms with van der Waals surface area (Å²) in [5, 5.41) is 10.0. The molecule has 0 saturated carbocycles. The van der Waals surface area contributed by atoms with Gasteiger partial charge in [-0.3, -0.25) is 4.99 Å². The zero-order valence-electron chi connectivity index (χ0n) is 16.8. The number of halogens is 1. The standard InChI is InChI=1S/C19H35N5S.HI/c1-15(2)17-14-25-18(23-17)13-22-19(20-4)21-9-5-6-10-24-11-7-16(3)8-12-24;/h14-16H,5-13H2,1-4H3,(H2,20,21,22);1H. The van der Waals surface area contributed by atoms with E-state index in [1.165, 1.54) is 51.0 Å². The predicted molar refractivity (Wildman–Crippen MR) is 124 cm³/mol. The minimum atomic E-state index is 0. The lowest BCUT2D eigenvalue weighted by Crippen LogP contribution is -2.38. The fraction of sp³-hybridized carbons (Fsp3) is 0.789. The molecule has 5 nitrogen and oxygen atoms in total. The van der Waals surface area contributed by atoms with Crippen LogP contribution in [0, 0.1) is 5.92 Å². The lowest BCUT2D eigenvalue weighted by molar-refractivity contribution is 0.189. The largest absolute Gasteiger partial charge is 0.356 e. The maximum atomic E-state index is 4.65. The number of guanidine groups is 1. The van der Waals surface area contributed by atoms with Crippen LogP contribution in [0.25, 0.3) is 0 Å². The quantitative estimate of drug-likeness (QED) is 0.248. The highest BCUT2D eigenvalue weighted by Gasteiger charge is 2.14. The van der Waals surface area contributed by atoms with Crippen molar-refractivity contribution in [2.24, 2.45) is 10.9 Å². The molecule has 0 radical (unpaired) electrons. The Bertz CT molecular complexity index is 524. The van der Waals surface area contributed by atoms with Crippen molar-refractivity contribution in [1.82, 2.24) is 20.5 Å². The molecule has 2 N–H and O–H groups in total. The van der Waals surface area contributed by atoms with Gasteiger partial charge in [-0.2, -0.15) is 0 Å². The smallest absolute Gasteiger partial charge is 0.191 e. The van der Waals surface area contributed by atoms with Crippen LogP contribution in [0.2, 0.25) is 0 Å². The first kappa shape index (κ1) is 23.6. The monoisotopic (exact) mass is 493 g/mol. The summed E-state index contributed by atoms with van der Waals surface area (Å²) < 4.78 is 0. The summed E-state index contributed by atoms with van der Waals surface area (Å²) in [6, 6.07) is 0. The van der Waals surface area contributed by atoms with Crippen molar-refractivity contribution in [3.8, 4) is 0 Å². The van der Waals surface area contributed by atoms with Gasteiger partial charge in [0.1, 0.15) is 5.01 Å². The fourth-order valence-electron chi connectivity index (χ4n) is 3.00. The van der Waals surface area contributed by atoms with Crippen LogP contribution < -0.4 is 10.6 Å². The Morgan fingerprint density at radius 1 is 1.31 bits per heavy atom. The highest BCUT2D eigenvalue weighted by molar-refractivity contribution is 14.0. The van der Waals surface area contributed by atoms with Gasteiger partial charge in [0.15, 0.2) is 5.96 Å². The molecule has 1 saturated heterocycles. The van der Waals surface area contributed by atoms with Gasteiger partial charge in [-0.05, 0) is 57.2 Å². The Morgan fingerprint density at radius 2 is 2.04 bits per heavy atom. The molecule has 0 amide bonds. The third kappa shape index (κ3) is 8.52. The van der Waals surface area contributed by atoms with Crippen molar-refractivity contribution in [2.75, 3.05) is 33.2 Å². The van der Waals surface area contributed by atoms with Crippen molar-refractivity contribution < 1.29 is 0 Å². The van der Waals surface area contributed by atoms with Crippen molar-refractivity contribution in [2.45, 2.75) is 58.9 Å². The molecule has 0 atom stereocenters. The van der Waals surface area contributed by atoms with Crippen molar-refractivity contribution in [3.05, 3.63) is 16.1 Å². The van der Waals surface area contributed by atoms with Gasteiger partial charge >= 0.3 is 0 Å². The van der Waals surface area contributed by atoms with Crippen LogP contribution in [0.3, 0.4) is 0 Å². The molecule has 1 aromatic rings. The summed E-state index contributed by atoms with van der Waals surface area (Å²) in [6.45, 7) is 12.2. The van der Waals surface area contributed by atoms with Gasteiger partial charge in [0.05, 0.1) is 12.2 Å². The molecule has 0 aromatic carbocycles. The second kappa shape index (κ2) is 12.9. The van der Waals surface area contributed by atoms with Gasteiger partial charge in [-0.15, -0.1) is 35.3 Å². The van der Waals surface area contributed by atoms with E-state index in [9.17, 15) is 0 Å². The van der Waals surface area contributed by atoms with Crippen LogP contribution in [-0.4, -0.2) is 49.1 Å². The van der Waals surface area contributed by atoms with Gasteiger partial charge in [-0.25, -0.2) is 4.98 Å². The Labute approximate surface area is 180 Å². The third-order valence-corrected chi connectivity index (χ3v) is 5.73. The first-order chi connectivity index (χ1) is 12.1. The minimum Gasteiger partial charge on any atom is -0.356 e. The number of unbranched alkanes of at least 4 members (excludes halogenated alkanes) is 1. The molecule has 150 valence electrons. The first-order valence-corrected chi connectivity index (χ1v) is 10.6. The topological polar surface area (TPSA) is 52.6 Å². The average molecular weight is 494 g/mol. The summed E-state index contributed by atoms with van der Waals surface area (Å²) in [5.74, 6) is 2.28. The van der Waals surface area contributed by atoms with Gasteiger partial charge in [0, 0.05) is 19.0 Å². The minimum absolute atomic E-state index is 0. The number of nitrogens with zero attached hydrogens (tertiary/aromatic N) is 3. The number of aliphatic imine (C=N–C) groups is 1. The van der Waals surface area contributed by atoms with E-state index in [0.29, 0.717) is 5.92 Å². The van der Waals surface area contributed by atoms with Crippen molar-refractivity contribution in [3.63, 3.8) is 0 Å². The number of hydrogen-bond acceptors (Lipinski definition) is 4. The second-order valence-electron chi connectivity index (χ2n) is 7.40. The van der Waals surface area contributed by atoms with Crippen molar-refractivity contribution >= 4 is 41.3 Å². The molecule has 0 unspecified atom stereocenters. The molecule has 7 heteroatoms. The molecule has 26 heavy (non-hydrogen) atoms. The van der Waals surface area contributed by atoms with E-state index in [2.05, 4.69) is 51.7 Å². The number of nitrogens with one attached hydrogen (secondary N) is 2. The lowest BCUT2D eigenvalue weighted by Gasteiger charge is -2.30. The average Bonchev–Trinajstić information content (AvgIpc) is 3.08. The fourth-order valence-corrected chi connectivity index (χ4v) is 3.90. The third-order valence-electron chi connectivity index (χ3n) is 4.86. The molecule has 1 aliphatic rings. The predicted octanol–water partition coefficient (Wildman–Crippen LogP) is 4.06. The zero-order valence-corrected chi connectivity index (χ0v) is 19.9. The number of rotatable bonds is 8. The van der Waals surface area contributed by atoms with E-state index < -0.39 is 0 Å². The molecule has 0 aliphatic carbocycles. The molecule has 1 aliphatic heterocycles. The van der Waals surface area contributed by atoms with Gasteiger partial charge in [-0.1, -0.05) is 20.8 Å². The Balaban J connectivity index is 0.00000338. The number of hydrogen-bond donors (Lipinski definition) is 2. The van der Waals surface area contributed by atoms with E-state index in [1.54, 1.807) is 11.3 Å². The summed E-state index contributed by atoms with van der Waals surface area (Å²) in [7, 11) is 1.83. The van der Waals surface area contributed by atoms with E-state index in [1.807, 2.05) is 7.05 Å². The molecule has 0 spiro atoms. The molecular formula is C19H36IN5S. The van der Waals surface area contributed by atoms with Crippen LogP contribution in [0.4, 0.5) is 0 Å². The Hall–Kier alpha value is -0.410. The number of piperidine rings is 1. The molecule has 1 aromatic heterocycles. The summed E-state index contributed by atoms with van der Waals surface area (Å²) in [5.41, 5.74) is 1.18. The maximum absolute atomic E-state index is 4.65. The van der Waals surface area contributed by atoms with Crippen LogP contribution in [0.15, 0.2) is 10.4 Å². The van der Waals surface area contributed by atoms with Crippen LogP contribution in [0.5, 0.6) is 0 Å². The van der Waals surface area contributed by atoms with Crippen LogP contribution in [0.1, 0.15) is 63.1 Å². The normalized spacial score (nSPS) is 16.6. The molecule has 2 rings (SSSR count). The molecule has 0 bridgehead atoms. The Kier molecular flexibility index (Phi) is 11.7. The maximum Gasteiger partial charge on any atom is 0.191 e. The summed E-state index contributed by atoms with van der Waals surface area (Å²) >= 11 is 1.72. The van der Waals surface area contributed by atoms with Gasteiger partial charge in [0.25, 0.3) is 0 Å². The summed E-state index contributed by atoms with van der Waals surface area (Å²) in [6.07, 6.45) is 5.16. The zero-order chi connectivity index (χ0) is 18.1. The molecular weight excluding hydrogens is 457 g/mol. The lowest BCUT2D eigenvalue weighted by atomic mass is 9.99. The van der Waals surface area contributed by atoms with Gasteiger partial charge in [0.2, 0.25) is 0 Å². The molecule has 2 heterocycles. The van der Waals surface area contributed by atoms with Crippen LogP contribution in [-0.2, 0) is 6.54 Å². The number of likely N-dealkylation sites (tertiary alicyclic amines) is 1. The highest BCUT2D eigenvalue weighted by Crippen LogP contribution is 2.17. The highest BCUT2D eigenvalue weighted by atomic mass is 127. The van der Waals surface area contributed by atoms with Crippen molar-refractivity contribution in [1.29, 1.82) is 0 Å². The molecule has 1 fully saturated rings. The van der Waals surface area contributed by atoms with E-state index in [-0.39, 0.29) is 24.0 Å². The second-order valence-corrected chi connectivity index (χ2v) is 8.35.